The second kappa shape index (κ2) is 7.27. The molecule has 7 heteroatoms. The standard InChI is InChI=1S/C19H30N4O3/c1-3-25-12-16(24)23-9-7-19(8-10-23)11-15(22(2)13-19)17-20-18(26-21-17)14-5-4-6-14/h14-15H,3-13H2,1-2H3. The molecule has 3 fully saturated rings. The van der Waals surface area contributed by atoms with Crippen LogP contribution in [0.2, 0.25) is 0 Å². The number of piperidine rings is 1. The Bertz CT molecular complexity index is 634. The summed E-state index contributed by atoms with van der Waals surface area (Å²) in [7, 11) is 2.16. The number of carbonyl (C=O) groups excluding carboxylic acids is 1. The van der Waals surface area contributed by atoms with Gasteiger partial charge in [-0.2, -0.15) is 4.98 Å². The molecule has 1 atom stereocenters. The molecule has 0 bridgehead atoms. The van der Waals surface area contributed by atoms with E-state index in [0.29, 0.717) is 12.5 Å². The van der Waals surface area contributed by atoms with E-state index in [0.717, 1.165) is 50.6 Å². The van der Waals surface area contributed by atoms with Gasteiger partial charge < -0.3 is 14.2 Å². The lowest BCUT2D eigenvalue weighted by molar-refractivity contribution is -0.138. The maximum atomic E-state index is 12.2. The zero-order valence-corrected chi connectivity index (χ0v) is 15.9. The highest BCUT2D eigenvalue weighted by atomic mass is 16.5. The predicted molar refractivity (Wildman–Crippen MR) is 95.6 cm³/mol. The lowest BCUT2D eigenvalue weighted by Gasteiger charge is -2.39. The molecule has 1 aromatic heterocycles. The number of hydrogen-bond donors (Lipinski definition) is 0. The Morgan fingerprint density at radius 1 is 1.35 bits per heavy atom. The van der Waals surface area contributed by atoms with Crippen molar-refractivity contribution in [3.8, 4) is 0 Å². The molecular formula is C19H30N4O3. The Hall–Kier alpha value is -1.47. The van der Waals surface area contributed by atoms with Crippen LogP contribution in [0.25, 0.3) is 0 Å². The number of hydrogen-bond acceptors (Lipinski definition) is 6. The molecule has 4 rings (SSSR count). The van der Waals surface area contributed by atoms with Crippen LogP contribution in [0.1, 0.15) is 69.1 Å². The third kappa shape index (κ3) is 3.39. The van der Waals surface area contributed by atoms with E-state index in [-0.39, 0.29) is 24.0 Å². The van der Waals surface area contributed by atoms with Crippen molar-refractivity contribution in [2.24, 2.45) is 5.41 Å². The first-order chi connectivity index (χ1) is 12.6. The molecule has 1 aromatic rings. The molecule has 0 aromatic carbocycles. The first-order valence-corrected chi connectivity index (χ1v) is 9.99. The fourth-order valence-corrected chi connectivity index (χ4v) is 4.64. The van der Waals surface area contributed by atoms with E-state index in [2.05, 4.69) is 17.1 Å². The number of ether oxygens (including phenoxy) is 1. The highest BCUT2D eigenvalue weighted by Gasteiger charge is 2.46. The van der Waals surface area contributed by atoms with E-state index in [1.54, 1.807) is 0 Å². The van der Waals surface area contributed by atoms with Crippen LogP contribution >= 0.6 is 0 Å². The third-order valence-corrected chi connectivity index (χ3v) is 6.56. The maximum Gasteiger partial charge on any atom is 0.248 e. The van der Waals surface area contributed by atoms with Gasteiger partial charge in [0.2, 0.25) is 11.8 Å². The van der Waals surface area contributed by atoms with Gasteiger partial charge in [0.05, 0.1) is 6.04 Å². The van der Waals surface area contributed by atoms with Gasteiger partial charge in [0.25, 0.3) is 0 Å². The first kappa shape index (κ1) is 17.9. The van der Waals surface area contributed by atoms with Gasteiger partial charge >= 0.3 is 0 Å². The molecule has 1 unspecified atom stereocenters. The van der Waals surface area contributed by atoms with Gasteiger partial charge in [-0.1, -0.05) is 11.6 Å². The molecule has 26 heavy (non-hydrogen) atoms. The molecule has 1 aliphatic carbocycles. The minimum Gasteiger partial charge on any atom is -0.372 e. The normalized spacial score (nSPS) is 26.4. The summed E-state index contributed by atoms with van der Waals surface area (Å²) in [4.78, 5) is 21.2. The van der Waals surface area contributed by atoms with E-state index < -0.39 is 0 Å². The van der Waals surface area contributed by atoms with Crippen molar-refractivity contribution in [3.05, 3.63) is 11.7 Å². The number of nitrogens with zero attached hydrogens (tertiary/aromatic N) is 4. The van der Waals surface area contributed by atoms with Crippen LogP contribution in [0.3, 0.4) is 0 Å². The van der Waals surface area contributed by atoms with E-state index in [9.17, 15) is 4.79 Å². The fourth-order valence-electron chi connectivity index (χ4n) is 4.64. The van der Waals surface area contributed by atoms with Gasteiger partial charge in [-0.25, -0.2) is 0 Å². The molecule has 3 aliphatic rings. The summed E-state index contributed by atoms with van der Waals surface area (Å²) >= 11 is 0. The minimum atomic E-state index is 0.118. The Kier molecular flexibility index (Phi) is 5.01. The Balaban J connectivity index is 1.36. The van der Waals surface area contributed by atoms with Gasteiger partial charge in [-0.15, -0.1) is 0 Å². The van der Waals surface area contributed by atoms with Crippen LogP contribution in [-0.2, 0) is 9.53 Å². The predicted octanol–water partition coefficient (Wildman–Crippen LogP) is 2.36. The molecule has 1 saturated carbocycles. The molecule has 0 radical (unpaired) electrons. The zero-order valence-electron chi connectivity index (χ0n) is 15.9. The van der Waals surface area contributed by atoms with E-state index in [1.807, 2.05) is 11.8 Å². The van der Waals surface area contributed by atoms with E-state index >= 15 is 0 Å². The zero-order chi connectivity index (χ0) is 18.1. The molecule has 2 saturated heterocycles. The fraction of sp³-hybridized carbons (Fsp3) is 0.842. The van der Waals surface area contributed by atoms with Crippen molar-refractivity contribution in [2.75, 3.05) is 39.9 Å². The maximum absolute atomic E-state index is 12.2. The smallest absolute Gasteiger partial charge is 0.248 e. The van der Waals surface area contributed by atoms with Crippen LogP contribution < -0.4 is 0 Å². The van der Waals surface area contributed by atoms with E-state index in [1.165, 1.54) is 19.3 Å². The summed E-state index contributed by atoms with van der Waals surface area (Å²) in [5.74, 6) is 2.28. The van der Waals surface area contributed by atoms with Gasteiger partial charge in [-0.3, -0.25) is 9.69 Å². The van der Waals surface area contributed by atoms with Crippen LogP contribution in [0.15, 0.2) is 4.52 Å². The molecule has 1 spiro atoms. The minimum absolute atomic E-state index is 0.118. The van der Waals surface area contributed by atoms with Crippen LogP contribution in [0.5, 0.6) is 0 Å². The quantitative estimate of drug-likeness (QED) is 0.801. The summed E-state index contributed by atoms with van der Waals surface area (Å²) in [6.45, 7) is 5.40. The average molecular weight is 362 g/mol. The number of likely N-dealkylation sites (tertiary alicyclic amines) is 2. The van der Waals surface area contributed by atoms with Crippen molar-refractivity contribution >= 4 is 5.91 Å². The number of carbonyl (C=O) groups is 1. The van der Waals surface area contributed by atoms with Gasteiger partial charge in [-0.05, 0) is 51.5 Å². The van der Waals surface area contributed by atoms with E-state index in [4.69, 9.17) is 14.2 Å². The Labute approximate surface area is 155 Å². The van der Waals surface area contributed by atoms with Crippen molar-refractivity contribution < 1.29 is 14.1 Å². The monoisotopic (exact) mass is 362 g/mol. The largest absolute Gasteiger partial charge is 0.372 e. The second-order valence-corrected chi connectivity index (χ2v) is 8.27. The van der Waals surface area contributed by atoms with Gasteiger partial charge in [0, 0.05) is 32.2 Å². The number of rotatable bonds is 5. The van der Waals surface area contributed by atoms with Crippen LogP contribution in [0.4, 0.5) is 0 Å². The van der Waals surface area contributed by atoms with Gasteiger partial charge in [0.1, 0.15) is 6.61 Å². The van der Waals surface area contributed by atoms with Crippen molar-refractivity contribution in [2.45, 2.75) is 57.4 Å². The lowest BCUT2D eigenvalue weighted by atomic mass is 9.76. The highest BCUT2D eigenvalue weighted by Crippen LogP contribution is 2.48. The molecule has 144 valence electrons. The average Bonchev–Trinajstić information content (AvgIpc) is 3.17. The summed E-state index contributed by atoms with van der Waals surface area (Å²) < 4.78 is 10.8. The van der Waals surface area contributed by atoms with Gasteiger partial charge in [0.15, 0.2) is 5.82 Å². The molecule has 2 aliphatic heterocycles. The SMILES string of the molecule is CCOCC(=O)N1CCC2(CC1)CC(c1noc(C3CCC3)n1)N(C)C2. The Morgan fingerprint density at radius 2 is 2.12 bits per heavy atom. The third-order valence-electron chi connectivity index (χ3n) is 6.56. The number of aromatic nitrogens is 2. The molecular weight excluding hydrogens is 332 g/mol. The first-order valence-electron chi connectivity index (χ1n) is 9.99. The topological polar surface area (TPSA) is 71.7 Å². The highest BCUT2D eigenvalue weighted by molar-refractivity contribution is 5.77. The van der Waals surface area contributed by atoms with Crippen molar-refractivity contribution in [1.82, 2.24) is 19.9 Å². The van der Waals surface area contributed by atoms with Crippen LogP contribution in [0, 0.1) is 5.41 Å². The summed E-state index contributed by atoms with van der Waals surface area (Å²) in [5, 5.41) is 4.30. The molecule has 0 N–H and O–H groups in total. The number of amides is 1. The molecule has 7 nitrogen and oxygen atoms in total. The van der Waals surface area contributed by atoms with Crippen LogP contribution in [-0.4, -0.2) is 65.7 Å². The molecule has 3 heterocycles. The van der Waals surface area contributed by atoms with Crippen molar-refractivity contribution in [1.29, 1.82) is 0 Å². The Morgan fingerprint density at radius 3 is 2.77 bits per heavy atom. The summed E-state index contributed by atoms with van der Waals surface area (Å²) in [6.07, 6.45) is 6.77. The summed E-state index contributed by atoms with van der Waals surface area (Å²) in [5.41, 5.74) is 0.263. The lowest BCUT2D eigenvalue weighted by Crippen LogP contribution is -2.45. The molecule has 1 amide bonds. The second-order valence-electron chi connectivity index (χ2n) is 8.27. The summed E-state index contributed by atoms with van der Waals surface area (Å²) in [6, 6.07) is 0.234. The van der Waals surface area contributed by atoms with Crippen molar-refractivity contribution in [3.63, 3.8) is 0 Å².